The molecule has 0 aromatic carbocycles. The average molecular weight is 1060 g/mol. The predicted octanol–water partition coefficient (Wildman–Crippen LogP) is 22.4. The fourth-order valence-corrected chi connectivity index (χ4v) is 9.73. The molecule has 0 aliphatic rings. The summed E-state index contributed by atoms with van der Waals surface area (Å²) in [5.74, 6) is 0. The van der Waals surface area contributed by atoms with Gasteiger partial charge in [0.05, 0.1) is 0 Å². The summed E-state index contributed by atoms with van der Waals surface area (Å²) < 4.78 is 43.9. The van der Waals surface area contributed by atoms with Crippen molar-refractivity contribution in [1.82, 2.24) is 0 Å². The number of ether oxygens (including phenoxy) is 7. The van der Waals surface area contributed by atoms with Crippen LogP contribution in [0.1, 0.15) is 350 Å². The van der Waals surface area contributed by atoms with Crippen molar-refractivity contribution in [3.8, 4) is 0 Å². The van der Waals surface area contributed by atoms with E-state index in [4.69, 9.17) is 33.2 Å². The first-order valence-electron chi connectivity index (χ1n) is 33.8. The van der Waals surface area contributed by atoms with Crippen LogP contribution in [0.3, 0.4) is 0 Å². The van der Waals surface area contributed by atoms with Gasteiger partial charge in [-0.3, -0.25) is 0 Å². The van der Waals surface area contributed by atoms with E-state index in [1.54, 1.807) is 0 Å². The van der Waals surface area contributed by atoms with Crippen LogP contribution in [0.5, 0.6) is 0 Å². The summed E-state index contributed by atoms with van der Waals surface area (Å²) in [6.07, 6.45) is 68.7. The van der Waals surface area contributed by atoms with Crippen LogP contribution in [0.4, 0.5) is 0 Å². The molecule has 2 unspecified atom stereocenters. The molecule has 0 saturated carbocycles. The van der Waals surface area contributed by atoms with Crippen molar-refractivity contribution in [3.05, 3.63) is 24.3 Å². The molecule has 0 saturated heterocycles. The molecule has 75 heavy (non-hydrogen) atoms. The van der Waals surface area contributed by atoms with Crippen molar-refractivity contribution in [2.75, 3.05) is 39.6 Å². The number of hydrogen-bond donors (Lipinski definition) is 0. The summed E-state index contributed by atoms with van der Waals surface area (Å²) >= 11 is 0. The van der Waals surface area contributed by atoms with Gasteiger partial charge in [-0.1, -0.05) is 272 Å². The van der Waals surface area contributed by atoms with E-state index in [2.05, 4.69) is 65.8 Å². The lowest BCUT2D eigenvalue weighted by molar-refractivity contribution is -0.207. The minimum absolute atomic E-state index is 0.0171. The molecule has 7 nitrogen and oxygen atoms in total. The van der Waals surface area contributed by atoms with Crippen LogP contribution < -0.4 is 0 Å². The molecule has 0 aromatic rings. The standard InChI is InChI=1S/C68H134O7/c1-7-13-17-21-35-43-51-61-71-65(72-62-52-44-36-22-18-14-8-2)55-47-39-31-27-25-29-33-41-49-57-67(69-59-11-5)75-68(70-60-12-6)58-50-42-34-30-26-28-32-40-48-56-66(73-63-53-45-37-23-19-15-9-3)74-64-54-46-38-24-20-16-10-4/h49-50,57-58,65-68H,7-48,51-56,59-64H2,1-6H3. The summed E-state index contributed by atoms with van der Waals surface area (Å²) in [6.45, 7) is 18.2. The van der Waals surface area contributed by atoms with E-state index >= 15 is 0 Å². The average Bonchev–Trinajstić information content (AvgIpc) is 3.42. The molecule has 448 valence electrons. The van der Waals surface area contributed by atoms with Gasteiger partial charge >= 0.3 is 0 Å². The van der Waals surface area contributed by atoms with Crippen LogP contribution in [-0.2, 0) is 33.2 Å². The first-order valence-corrected chi connectivity index (χ1v) is 33.8. The van der Waals surface area contributed by atoms with Gasteiger partial charge in [0, 0.05) is 39.6 Å². The molecule has 0 aromatic heterocycles. The van der Waals surface area contributed by atoms with Crippen LogP contribution in [0, 0.1) is 0 Å². The third-order valence-corrected chi connectivity index (χ3v) is 14.7. The fraction of sp³-hybridized carbons (Fsp3) is 0.941. The fourth-order valence-electron chi connectivity index (χ4n) is 9.73. The SMILES string of the molecule is CCCCCCCCCOC(CCCCCCCCCC=CC(OCCC)OC(C=CCCCCCCCCCC(OCCCCCCCCC)OCCCCCCCCC)OCCC)OCCCCCCCCC. The highest BCUT2D eigenvalue weighted by molar-refractivity contribution is 4.90. The van der Waals surface area contributed by atoms with Gasteiger partial charge in [-0.2, -0.15) is 0 Å². The zero-order valence-electron chi connectivity index (χ0n) is 51.7. The van der Waals surface area contributed by atoms with Gasteiger partial charge < -0.3 is 33.2 Å². The van der Waals surface area contributed by atoms with E-state index in [1.807, 2.05) is 0 Å². The van der Waals surface area contributed by atoms with Crippen molar-refractivity contribution in [2.45, 2.75) is 375 Å². The summed E-state index contributed by atoms with van der Waals surface area (Å²) in [5, 5.41) is 0. The molecule has 0 aliphatic heterocycles. The maximum absolute atomic E-state index is 6.39. The Morgan fingerprint density at radius 1 is 0.227 bits per heavy atom. The van der Waals surface area contributed by atoms with Gasteiger partial charge in [-0.15, -0.1) is 0 Å². The lowest BCUT2D eigenvalue weighted by Gasteiger charge is -2.21. The van der Waals surface area contributed by atoms with E-state index in [9.17, 15) is 0 Å². The number of unbranched alkanes of at least 4 members (excludes halogenated alkanes) is 38. The lowest BCUT2D eigenvalue weighted by atomic mass is 10.1. The van der Waals surface area contributed by atoms with Crippen molar-refractivity contribution in [2.24, 2.45) is 0 Å². The second kappa shape index (κ2) is 65.7. The van der Waals surface area contributed by atoms with Crippen LogP contribution >= 0.6 is 0 Å². The molecule has 0 heterocycles. The zero-order chi connectivity index (χ0) is 54.3. The third-order valence-electron chi connectivity index (χ3n) is 14.7. The first kappa shape index (κ1) is 74.2. The third kappa shape index (κ3) is 59.2. The highest BCUT2D eigenvalue weighted by Crippen LogP contribution is 2.19. The largest absolute Gasteiger partial charge is 0.353 e. The second-order valence-corrected chi connectivity index (χ2v) is 22.4. The Balaban J connectivity index is 4.50. The van der Waals surface area contributed by atoms with Crippen molar-refractivity contribution >= 4 is 0 Å². The highest BCUT2D eigenvalue weighted by atomic mass is 16.8. The van der Waals surface area contributed by atoms with Gasteiger partial charge in [0.25, 0.3) is 0 Å². The summed E-state index contributed by atoms with van der Waals surface area (Å²) in [4.78, 5) is 0. The quantitative estimate of drug-likeness (QED) is 0.0342. The Labute approximate surface area is 470 Å². The Morgan fingerprint density at radius 3 is 0.733 bits per heavy atom. The number of rotatable bonds is 66. The molecule has 0 spiro atoms. The molecule has 0 N–H and O–H groups in total. The first-order chi connectivity index (χ1) is 37.1. The highest BCUT2D eigenvalue weighted by Gasteiger charge is 2.14. The molecule has 0 radical (unpaired) electrons. The normalized spacial score (nSPS) is 13.0. The minimum atomic E-state index is -0.386. The van der Waals surface area contributed by atoms with Gasteiger partial charge in [0.1, 0.15) is 0 Å². The van der Waals surface area contributed by atoms with Crippen LogP contribution in [0.25, 0.3) is 0 Å². The summed E-state index contributed by atoms with van der Waals surface area (Å²) in [6, 6.07) is 0. The Bertz CT molecular complexity index is 962. The smallest absolute Gasteiger partial charge is 0.180 e. The van der Waals surface area contributed by atoms with Crippen molar-refractivity contribution in [1.29, 1.82) is 0 Å². The zero-order valence-corrected chi connectivity index (χ0v) is 51.7. The molecule has 2 atom stereocenters. The second-order valence-electron chi connectivity index (χ2n) is 22.4. The minimum Gasteiger partial charge on any atom is -0.353 e. The molecule has 0 amide bonds. The van der Waals surface area contributed by atoms with E-state index in [-0.39, 0.29) is 25.2 Å². The molecule has 0 bridgehead atoms. The van der Waals surface area contributed by atoms with Crippen LogP contribution in [-0.4, -0.2) is 64.8 Å². The van der Waals surface area contributed by atoms with E-state index in [1.165, 1.54) is 270 Å². The monoisotopic (exact) mass is 1060 g/mol. The van der Waals surface area contributed by atoms with Gasteiger partial charge in [-0.25, -0.2) is 0 Å². The maximum Gasteiger partial charge on any atom is 0.180 e. The maximum atomic E-state index is 6.39. The number of hydrogen-bond acceptors (Lipinski definition) is 7. The molecule has 0 fully saturated rings. The summed E-state index contributed by atoms with van der Waals surface area (Å²) in [7, 11) is 0. The molecule has 7 heteroatoms. The van der Waals surface area contributed by atoms with E-state index in [0.717, 1.165) is 65.0 Å². The van der Waals surface area contributed by atoms with E-state index in [0.29, 0.717) is 13.2 Å². The van der Waals surface area contributed by atoms with Gasteiger partial charge in [0.15, 0.2) is 25.2 Å². The Hall–Kier alpha value is -0.800. The number of allylic oxidation sites excluding steroid dienone is 2. The topological polar surface area (TPSA) is 64.6 Å². The van der Waals surface area contributed by atoms with Crippen molar-refractivity contribution in [3.63, 3.8) is 0 Å². The molecule has 0 rings (SSSR count). The predicted molar refractivity (Wildman–Crippen MR) is 326 cm³/mol. The molecular weight excluding hydrogens is 929 g/mol. The molecular formula is C68H134O7. The van der Waals surface area contributed by atoms with Gasteiger partial charge in [0.2, 0.25) is 0 Å². The lowest BCUT2D eigenvalue weighted by Crippen LogP contribution is -2.25. The van der Waals surface area contributed by atoms with Crippen LogP contribution in [0.2, 0.25) is 0 Å². The Kier molecular flexibility index (Phi) is 65.0. The summed E-state index contributed by atoms with van der Waals surface area (Å²) in [5.41, 5.74) is 0. The van der Waals surface area contributed by atoms with E-state index < -0.39 is 0 Å². The van der Waals surface area contributed by atoms with Gasteiger partial charge in [-0.05, 0) is 102 Å². The van der Waals surface area contributed by atoms with Crippen molar-refractivity contribution < 1.29 is 33.2 Å². The molecule has 0 aliphatic carbocycles. The Morgan fingerprint density at radius 2 is 0.467 bits per heavy atom. The van der Waals surface area contributed by atoms with Crippen LogP contribution in [0.15, 0.2) is 24.3 Å².